The fourth-order valence-electron chi connectivity index (χ4n) is 2.83. The Morgan fingerprint density at radius 2 is 1.48 bits per heavy atom. The van der Waals surface area contributed by atoms with Crippen molar-refractivity contribution in [2.75, 3.05) is 0 Å². The highest BCUT2D eigenvalue weighted by Crippen LogP contribution is 2.38. The maximum absolute atomic E-state index is 12.6. The maximum Gasteiger partial charge on any atom is 0.324 e. The lowest BCUT2D eigenvalue weighted by Gasteiger charge is -2.35. The normalized spacial score (nSPS) is 13.8. The highest BCUT2D eigenvalue weighted by atomic mass is 16.5. The van der Waals surface area contributed by atoms with Crippen LogP contribution in [-0.4, -0.2) is 23.1 Å². The zero-order valence-corrected chi connectivity index (χ0v) is 14.6. The number of carbonyl (C=O) groups excluding carboxylic acids is 1. The number of rotatable bonds is 9. The van der Waals surface area contributed by atoms with Crippen molar-refractivity contribution < 1.29 is 19.4 Å². The summed E-state index contributed by atoms with van der Waals surface area (Å²) in [6, 6.07) is 0. The molecule has 0 aliphatic rings. The Hall–Kier alpha value is -1.06. The van der Waals surface area contributed by atoms with Gasteiger partial charge in [0.15, 0.2) is 5.41 Å². The van der Waals surface area contributed by atoms with E-state index in [0.29, 0.717) is 12.3 Å². The quantitative estimate of drug-likeness (QED) is 0.514. The second-order valence-corrected chi connectivity index (χ2v) is 6.89. The Bertz CT molecular complexity index is 337. The summed E-state index contributed by atoms with van der Waals surface area (Å²) in [6.07, 6.45) is 2.27. The van der Waals surface area contributed by atoms with Gasteiger partial charge in [-0.3, -0.25) is 9.59 Å². The molecule has 0 saturated heterocycles. The molecule has 0 saturated carbocycles. The predicted octanol–water partition coefficient (Wildman–Crippen LogP) is 4.13. The smallest absolute Gasteiger partial charge is 0.324 e. The Kier molecular flexibility index (Phi) is 7.98. The van der Waals surface area contributed by atoms with Crippen LogP contribution < -0.4 is 0 Å². The first kappa shape index (κ1) is 19.9. The van der Waals surface area contributed by atoms with Gasteiger partial charge in [-0.15, -0.1) is 0 Å². The second-order valence-electron chi connectivity index (χ2n) is 6.89. The molecule has 0 aliphatic carbocycles. The molecule has 4 heteroatoms. The van der Waals surface area contributed by atoms with Gasteiger partial charge in [-0.25, -0.2) is 0 Å². The second kappa shape index (κ2) is 8.40. The predicted molar refractivity (Wildman–Crippen MR) is 84.0 cm³/mol. The molecule has 0 aromatic heterocycles. The summed E-state index contributed by atoms with van der Waals surface area (Å²) in [5, 5.41) is 9.64. The molecule has 1 unspecified atom stereocenters. The lowest BCUT2D eigenvalue weighted by Crippen LogP contribution is -2.50. The van der Waals surface area contributed by atoms with E-state index in [0.717, 1.165) is 12.8 Å². The van der Waals surface area contributed by atoms with E-state index in [1.165, 1.54) is 0 Å². The summed E-state index contributed by atoms with van der Waals surface area (Å²) >= 11 is 0. The van der Waals surface area contributed by atoms with Crippen molar-refractivity contribution >= 4 is 11.9 Å². The average molecular weight is 300 g/mol. The molecule has 0 aliphatic heterocycles. The van der Waals surface area contributed by atoms with Gasteiger partial charge >= 0.3 is 11.9 Å². The van der Waals surface area contributed by atoms with Crippen LogP contribution in [0.1, 0.15) is 67.7 Å². The summed E-state index contributed by atoms with van der Waals surface area (Å²) in [5.74, 6) is -1.76. The number of ether oxygens (including phenoxy) is 1. The number of carboxylic acids is 1. The fraction of sp³-hybridized carbons (Fsp3) is 0.882. The molecule has 0 bridgehead atoms. The van der Waals surface area contributed by atoms with Gasteiger partial charge in [0.05, 0.1) is 0 Å². The molecule has 0 aromatic carbocycles. The van der Waals surface area contributed by atoms with Gasteiger partial charge < -0.3 is 9.84 Å². The molecule has 0 fully saturated rings. The summed E-state index contributed by atoms with van der Waals surface area (Å²) in [7, 11) is 0. The van der Waals surface area contributed by atoms with Crippen LogP contribution in [0.15, 0.2) is 0 Å². The van der Waals surface area contributed by atoms with Crippen LogP contribution in [0.25, 0.3) is 0 Å². The summed E-state index contributed by atoms with van der Waals surface area (Å²) in [6.45, 7) is 13.3. The summed E-state index contributed by atoms with van der Waals surface area (Å²) in [4.78, 5) is 24.4. The van der Waals surface area contributed by atoms with Gasteiger partial charge in [0.2, 0.25) is 0 Å². The van der Waals surface area contributed by atoms with Crippen LogP contribution in [-0.2, 0) is 14.3 Å². The molecular weight excluding hydrogens is 268 g/mol. The molecule has 0 amide bonds. The van der Waals surface area contributed by atoms with Crippen molar-refractivity contribution in [1.29, 1.82) is 0 Å². The average Bonchev–Trinajstić information content (AvgIpc) is 2.33. The number of hydrogen-bond donors (Lipinski definition) is 1. The maximum atomic E-state index is 12.6. The molecule has 0 heterocycles. The van der Waals surface area contributed by atoms with Gasteiger partial charge in [-0.1, -0.05) is 48.5 Å². The monoisotopic (exact) mass is 300 g/mol. The van der Waals surface area contributed by atoms with Crippen LogP contribution in [0.4, 0.5) is 0 Å². The first-order valence-corrected chi connectivity index (χ1v) is 8.04. The zero-order valence-electron chi connectivity index (χ0n) is 14.6. The number of carboxylic acid groups (broad SMARTS) is 1. The van der Waals surface area contributed by atoms with Gasteiger partial charge in [0.25, 0.3) is 0 Å². The van der Waals surface area contributed by atoms with E-state index in [2.05, 4.69) is 13.8 Å². The van der Waals surface area contributed by atoms with Crippen LogP contribution in [0.5, 0.6) is 0 Å². The first-order chi connectivity index (χ1) is 9.60. The number of esters is 1. The molecule has 1 N–H and O–H groups in total. The lowest BCUT2D eigenvalue weighted by molar-refractivity contribution is -0.181. The van der Waals surface area contributed by atoms with Crippen molar-refractivity contribution in [1.82, 2.24) is 0 Å². The number of hydrogen-bond acceptors (Lipinski definition) is 3. The van der Waals surface area contributed by atoms with Crippen molar-refractivity contribution in [3.63, 3.8) is 0 Å². The minimum Gasteiger partial charge on any atom is -0.480 e. The van der Waals surface area contributed by atoms with Crippen LogP contribution >= 0.6 is 0 Å². The third kappa shape index (κ3) is 4.72. The van der Waals surface area contributed by atoms with Crippen molar-refractivity contribution in [2.24, 2.45) is 23.2 Å². The molecule has 0 radical (unpaired) electrons. The number of carbonyl (C=O) groups is 2. The van der Waals surface area contributed by atoms with E-state index >= 15 is 0 Å². The zero-order chi connectivity index (χ0) is 16.8. The van der Waals surface area contributed by atoms with E-state index < -0.39 is 17.4 Å². The highest BCUT2D eigenvalue weighted by molar-refractivity contribution is 5.99. The van der Waals surface area contributed by atoms with E-state index in [-0.39, 0.29) is 17.9 Å². The van der Waals surface area contributed by atoms with Gasteiger partial charge in [-0.2, -0.15) is 0 Å². The third-order valence-corrected chi connectivity index (χ3v) is 4.31. The number of aliphatic carboxylic acids is 1. The van der Waals surface area contributed by atoms with Crippen molar-refractivity contribution in [3.8, 4) is 0 Å². The standard InChI is InChI=1S/C17H32O4/c1-8-14(10-9-11(2)3)21-16(20)17(12(4)5,13(6)7)15(18)19/h11-14H,8-10H2,1-7H3,(H,18,19). The van der Waals surface area contributed by atoms with Gasteiger partial charge in [0.1, 0.15) is 6.10 Å². The molecule has 0 spiro atoms. The molecule has 1 atom stereocenters. The Labute approximate surface area is 129 Å². The molecule has 0 aromatic rings. The SMILES string of the molecule is CCC(CCC(C)C)OC(=O)C(C(=O)O)(C(C)C)C(C)C. The topological polar surface area (TPSA) is 63.6 Å². The molecule has 124 valence electrons. The molecule has 21 heavy (non-hydrogen) atoms. The fourth-order valence-corrected chi connectivity index (χ4v) is 2.83. The summed E-state index contributed by atoms with van der Waals surface area (Å²) < 4.78 is 5.58. The third-order valence-electron chi connectivity index (χ3n) is 4.31. The minimum atomic E-state index is -1.47. The van der Waals surface area contributed by atoms with Crippen LogP contribution in [0, 0.1) is 23.2 Å². The van der Waals surface area contributed by atoms with Crippen LogP contribution in [0.3, 0.4) is 0 Å². The largest absolute Gasteiger partial charge is 0.480 e. The summed E-state index contributed by atoms with van der Waals surface area (Å²) in [5.41, 5.74) is -1.47. The van der Waals surface area contributed by atoms with Gasteiger partial charge in [0, 0.05) is 0 Å². The minimum absolute atomic E-state index is 0.198. The van der Waals surface area contributed by atoms with Crippen molar-refractivity contribution in [3.05, 3.63) is 0 Å². The highest BCUT2D eigenvalue weighted by Gasteiger charge is 2.53. The van der Waals surface area contributed by atoms with E-state index in [1.807, 2.05) is 6.92 Å². The molecule has 4 nitrogen and oxygen atoms in total. The molecular formula is C17H32O4. The van der Waals surface area contributed by atoms with E-state index in [9.17, 15) is 14.7 Å². The Morgan fingerprint density at radius 1 is 1.00 bits per heavy atom. The Balaban J connectivity index is 5.18. The molecule has 0 rings (SSSR count). The first-order valence-electron chi connectivity index (χ1n) is 8.04. The van der Waals surface area contributed by atoms with Crippen molar-refractivity contribution in [2.45, 2.75) is 73.8 Å². The van der Waals surface area contributed by atoms with E-state index in [4.69, 9.17) is 4.74 Å². The Morgan fingerprint density at radius 3 is 1.76 bits per heavy atom. The van der Waals surface area contributed by atoms with Crippen LogP contribution in [0.2, 0.25) is 0 Å². The van der Waals surface area contributed by atoms with Gasteiger partial charge in [-0.05, 0) is 37.0 Å². The van der Waals surface area contributed by atoms with E-state index in [1.54, 1.807) is 27.7 Å². The lowest BCUT2D eigenvalue weighted by atomic mass is 9.69.